The monoisotopic (exact) mass is 285 g/mol. The second kappa shape index (κ2) is 5.83. The lowest BCUT2D eigenvalue weighted by Crippen LogP contribution is -2.31. The fraction of sp³-hybridized carbons (Fsp3) is 0.250. The van der Waals surface area contributed by atoms with E-state index in [2.05, 4.69) is 23.4 Å². The Morgan fingerprint density at radius 2 is 1.81 bits per heavy atom. The highest BCUT2D eigenvalue weighted by atomic mass is 16.4. The van der Waals surface area contributed by atoms with Crippen LogP contribution in [0.2, 0.25) is 0 Å². The number of rotatable bonds is 3. The Labute approximate surface area is 123 Å². The van der Waals surface area contributed by atoms with Crippen molar-refractivity contribution in [2.45, 2.75) is 27.3 Å². The van der Waals surface area contributed by atoms with E-state index in [1.165, 1.54) is 0 Å². The highest BCUT2D eigenvalue weighted by Crippen LogP contribution is 2.11. The number of hydrogen-bond acceptors (Lipinski definition) is 3. The molecule has 0 fully saturated rings. The zero-order valence-corrected chi connectivity index (χ0v) is 12.4. The van der Waals surface area contributed by atoms with Gasteiger partial charge in [0.1, 0.15) is 0 Å². The first kappa shape index (κ1) is 14.8. The predicted octanol–water partition coefficient (Wildman–Crippen LogP) is 1.92. The molecule has 0 bridgehead atoms. The molecule has 5 heteroatoms. The maximum absolute atomic E-state index is 12.5. The van der Waals surface area contributed by atoms with Gasteiger partial charge in [-0.25, -0.2) is 0 Å². The van der Waals surface area contributed by atoms with Crippen molar-refractivity contribution in [2.75, 3.05) is 0 Å². The fourth-order valence-electron chi connectivity index (χ4n) is 2.46. The van der Waals surface area contributed by atoms with Crippen LogP contribution in [-0.4, -0.2) is 15.6 Å². The van der Waals surface area contributed by atoms with E-state index < -0.39 is 0 Å². The zero-order valence-electron chi connectivity index (χ0n) is 12.4. The third-order valence-corrected chi connectivity index (χ3v) is 3.40. The molecule has 1 heterocycles. The van der Waals surface area contributed by atoms with Crippen molar-refractivity contribution < 1.29 is 5.21 Å². The predicted molar refractivity (Wildman–Crippen MR) is 83.0 cm³/mol. The number of hydrogen-bond donors (Lipinski definition) is 2. The van der Waals surface area contributed by atoms with Crippen LogP contribution in [0.25, 0.3) is 0 Å². The molecule has 0 aliphatic rings. The minimum Gasteiger partial charge on any atom is -0.409 e. The lowest BCUT2D eigenvalue weighted by Gasteiger charge is -2.13. The molecule has 0 radical (unpaired) electrons. The molecule has 2 aromatic rings. The number of benzene rings is 1. The van der Waals surface area contributed by atoms with Gasteiger partial charge >= 0.3 is 0 Å². The molecule has 110 valence electrons. The van der Waals surface area contributed by atoms with Crippen molar-refractivity contribution >= 4 is 5.84 Å². The molecular weight excluding hydrogens is 266 g/mol. The van der Waals surface area contributed by atoms with Gasteiger partial charge < -0.3 is 15.5 Å². The molecule has 0 aliphatic carbocycles. The normalized spacial score (nSPS) is 11.7. The zero-order chi connectivity index (χ0) is 15.6. The van der Waals surface area contributed by atoms with Crippen LogP contribution in [0, 0.1) is 20.8 Å². The molecule has 21 heavy (non-hydrogen) atoms. The highest BCUT2D eigenvalue weighted by Gasteiger charge is 2.10. The summed E-state index contributed by atoms with van der Waals surface area (Å²) in [5, 5.41) is 11.7. The average Bonchev–Trinajstić information content (AvgIpc) is 2.41. The summed E-state index contributed by atoms with van der Waals surface area (Å²) in [6, 6.07) is 9.55. The molecule has 0 saturated heterocycles. The van der Waals surface area contributed by atoms with Crippen LogP contribution in [0.5, 0.6) is 0 Å². The Bertz CT molecular complexity index is 740. The van der Waals surface area contributed by atoms with E-state index in [0.717, 1.165) is 22.4 Å². The smallest absolute Gasteiger partial charge is 0.262 e. The number of nitrogens with two attached hydrogens (primary N) is 1. The third-order valence-electron chi connectivity index (χ3n) is 3.40. The first-order valence-electron chi connectivity index (χ1n) is 6.68. The van der Waals surface area contributed by atoms with E-state index in [0.29, 0.717) is 6.54 Å². The molecule has 0 unspecified atom stereocenters. The minimum atomic E-state index is -0.260. The molecule has 3 N–H and O–H groups in total. The van der Waals surface area contributed by atoms with E-state index in [4.69, 9.17) is 10.9 Å². The van der Waals surface area contributed by atoms with Crippen molar-refractivity contribution in [3.8, 4) is 0 Å². The van der Waals surface area contributed by atoms with Gasteiger partial charge in [-0.1, -0.05) is 34.5 Å². The van der Waals surface area contributed by atoms with Gasteiger partial charge in [-0.15, -0.1) is 0 Å². The minimum absolute atomic E-state index is 0.172. The van der Waals surface area contributed by atoms with Crippen LogP contribution in [0.1, 0.15) is 27.9 Å². The van der Waals surface area contributed by atoms with Gasteiger partial charge in [0.25, 0.3) is 5.56 Å². The molecule has 5 nitrogen and oxygen atoms in total. The topological polar surface area (TPSA) is 80.6 Å². The van der Waals surface area contributed by atoms with E-state index in [1.54, 1.807) is 16.7 Å². The Morgan fingerprint density at radius 1 is 1.19 bits per heavy atom. The average molecular weight is 285 g/mol. The summed E-state index contributed by atoms with van der Waals surface area (Å²) < 4.78 is 1.63. The van der Waals surface area contributed by atoms with Crippen LogP contribution in [0.3, 0.4) is 0 Å². The molecule has 0 saturated carbocycles. The maximum Gasteiger partial charge on any atom is 0.262 e. The molecule has 0 aliphatic heterocycles. The molecule has 1 aromatic heterocycles. The highest BCUT2D eigenvalue weighted by molar-refractivity contribution is 5.96. The Hall–Kier alpha value is -2.56. The van der Waals surface area contributed by atoms with Gasteiger partial charge in [0, 0.05) is 5.69 Å². The molecule has 1 aromatic carbocycles. The van der Waals surface area contributed by atoms with Crippen LogP contribution in [0.4, 0.5) is 0 Å². The third kappa shape index (κ3) is 3.13. The Morgan fingerprint density at radius 3 is 2.38 bits per heavy atom. The summed E-state index contributed by atoms with van der Waals surface area (Å²) in [6.45, 7) is 6.37. The quantitative estimate of drug-likeness (QED) is 0.391. The first-order chi connectivity index (χ1) is 9.92. The number of oxime groups is 1. The van der Waals surface area contributed by atoms with Crippen molar-refractivity contribution in [3.63, 3.8) is 0 Å². The number of nitrogens with zero attached hydrogens (tertiary/aromatic N) is 2. The van der Waals surface area contributed by atoms with Gasteiger partial charge in [-0.3, -0.25) is 4.79 Å². The van der Waals surface area contributed by atoms with Crippen LogP contribution < -0.4 is 11.3 Å². The van der Waals surface area contributed by atoms with Crippen LogP contribution in [-0.2, 0) is 6.54 Å². The van der Waals surface area contributed by atoms with E-state index in [9.17, 15) is 4.79 Å². The van der Waals surface area contributed by atoms with E-state index in [-0.39, 0.29) is 17.0 Å². The van der Waals surface area contributed by atoms with Gasteiger partial charge in [0.15, 0.2) is 5.84 Å². The molecule has 0 atom stereocenters. The van der Waals surface area contributed by atoms with Gasteiger partial charge in [0.05, 0.1) is 12.1 Å². The van der Waals surface area contributed by atoms with Crippen molar-refractivity contribution in [1.29, 1.82) is 0 Å². The lowest BCUT2D eigenvalue weighted by molar-refractivity contribution is 0.318. The standard InChI is InChI=1S/C16H19N3O2/c1-10-6-11(2)8-13(7-10)9-19-12(3)4-5-14(16(19)20)15(17)18-21/h4-8,21H,9H2,1-3H3,(H2,17,18). The summed E-state index contributed by atoms with van der Waals surface area (Å²) in [7, 11) is 0. The fourth-order valence-corrected chi connectivity index (χ4v) is 2.46. The second-order valence-electron chi connectivity index (χ2n) is 5.26. The van der Waals surface area contributed by atoms with Crippen molar-refractivity contribution in [3.05, 3.63) is 68.6 Å². The molecule has 0 spiro atoms. The SMILES string of the molecule is Cc1cc(C)cc(Cn2c(C)ccc(/C(N)=N/O)c2=O)c1. The van der Waals surface area contributed by atoms with Gasteiger partial charge in [-0.2, -0.15) is 0 Å². The molecule has 0 amide bonds. The summed E-state index contributed by atoms with van der Waals surface area (Å²) in [5.41, 5.74) is 9.67. The number of aryl methyl sites for hydroxylation is 3. The number of aromatic nitrogens is 1. The number of pyridine rings is 1. The first-order valence-corrected chi connectivity index (χ1v) is 6.68. The molecule has 2 rings (SSSR count). The van der Waals surface area contributed by atoms with E-state index in [1.807, 2.05) is 20.8 Å². The number of amidine groups is 1. The maximum atomic E-state index is 12.5. The van der Waals surface area contributed by atoms with Crippen LogP contribution in [0.15, 0.2) is 40.3 Å². The lowest BCUT2D eigenvalue weighted by atomic mass is 10.1. The van der Waals surface area contributed by atoms with Crippen molar-refractivity contribution in [1.82, 2.24) is 4.57 Å². The summed E-state index contributed by atoms with van der Waals surface area (Å²) in [5.74, 6) is -0.172. The Balaban J connectivity index is 2.51. The molecular formula is C16H19N3O2. The summed E-state index contributed by atoms with van der Waals surface area (Å²) >= 11 is 0. The van der Waals surface area contributed by atoms with Gasteiger partial charge in [0.2, 0.25) is 0 Å². The summed E-state index contributed by atoms with van der Waals surface area (Å²) in [6.07, 6.45) is 0. The van der Waals surface area contributed by atoms with Crippen molar-refractivity contribution in [2.24, 2.45) is 10.9 Å². The Kier molecular flexibility index (Phi) is 4.12. The largest absolute Gasteiger partial charge is 0.409 e. The second-order valence-corrected chi connectivity index (χ2v) is 5.26. The van der Waals surface area contributed by atoms with Gasteiger partial charge in [-0.05, 0) is 38.5 Å². The van der Waals surface area contributed by atoms with Crippen LogP contribution >= 0.6 is 0 Å². The van der Waals surface area contributed by atoms with E-state index >= 15 is 0 Å². The summed E-state index contributed by atoms with van der Waals surface area (Å²) in [4.78, 5) is 12.5.